The fourth-order valence-electron chi connectivity index (χ4n) is 11.5. The molecule has 0 radical (unpaired) electrons. The third kappa shape index (κ3) is 68.6. The molecule has 2 unspecified atom stereocenters. The molecule has 0 aliphatic rings. The average Bonchev–Trinajstić information content (AvgIpc) is 1.56. The zero-order valence-electron chi connectivity index (χ0n) is 61.3. The van der Waals surface area contributed by atoms with Crippen LogP contribution in [0.5, 0.6) is 0 Å². The Hall–Kier alpha value is -1.94. The first-order valence-electron chi connectivity index (χ1n) is 39.0. The van der Waals surface area contributed by atoms with E-state index in [1.807, 2.05) is 0 Å². The number of carbonyl (C=O) groups excluding carboxylic acids is 4. The molecule has 0 bridgehead atoms. The molecule has 94 heavy (non-hydrogen) atoms. The molecular formula is C75H146O17P2. The van der Waals surface area contributed by atoms with E-state index >= 15 is 0 Å². The van der Waals surface area contributed by atoms with Crippen molar-refractivity contribution in [1.82, 2.24) is 0 Å². The summed E-state index contributed by atoms with van der Waals surface area (Å²) in [7, 11) is -9.91. The van der Waals surface area contributed by atoms with Crippen molar-refractivity contribution in [2.24, 2.45) is 11.8 Å². The average molecular weight is 1380 g/mol. The molecule has 0 fully saturated rings. The highest BCUT2D eigenvalue weighted by atomic mass is 31.2. The first kappa shape index (κ1) is 92.1. The number of ether oxygens (including phenoxy) is 4. The fourth-order valence-corrected chi connectivity index (χ4v) is 13.1. The van der Waals surface area contributed by atoms with Gasteiger partial charge < -0.3 is 33.8 Å². The molecule has 0 spiro atoms. The van der Waals surface area contributed by atoms with Gasteiger partial charge in [0.15, 0.2) is 12.2 Å². The van der Waals surface area contributed by atoms with Crippen LogP contribution in [0.3, 0.4) is 0 Å². The zero-order chi connectivity index (χ0) is 69.3. The quantitative estimate of drug-likeness (QED) is 0.0222. The number of esters is 4. The van der Waals surface area contributed by atoms with Crippen LogP contribution in [0.4, 0.5) is 0 Å². The van der Waals surface area contributed by atoms with Crippen LogP contribution in [0.25, 0.3) is 0 Å². The monoisotopic (exact) mass is 1380 g/mol. The van der Waals surface area contributed by atoms with Crippen molar-refractivity contribution < 1.29 is 80.2 Å². The molecule has 0 aliphatic heterocycles. The standard InChI is InChI=1S/C75H146O17P2/c1-7-9-11-13-15-17-18-19-20-21-22-26-29-34-40-46-52-58-73(78)86-64-71(91-74(79)59-53-47-41-35-30-27-24-23-25-28-32-37-43-49-55-67(3)4)66-90-94(83,84)88-62-69(76)61-87-93(81,82)89-65-70(63-85-72(77)57-51-45-39-16-14-12-10-8-2)92-75(80)60-54-48-42-36-31-33-38-44-50-56-68(5)6/h67-71,76H,7-66H2,1-6H3,(H,81,82)(H,83,84)/t69-,70+,71+/m0/s1. The minimum absolute atomic E-state index is 0.105. The lowest BCUT2D eigenvalue weighted by Gasteiger charge is -2.21. The first-order valence-corrected chi connectivity index (χ1v) is 42.0. The molecule has 558 valence electrons. The van der Waals surface area contributed by atoms with Crippen LogP contribution < -0.4 is 0 Å². The molecule has 17 nitrogen and oxygen atoms in total. The molecule has 0 rings (SSSR count). The number of phosphoric ester groups is 2. The Balaban J connectivity index is 5.21. The van der Waals surface area contributed by atoms with E-state index in [-0.39, 0.29) is 25.7 Å². The molecule has 0 amide bonds. The Bertz CT molecular complexity index is 1820. The second-order valence-electron chi connectivity index (χ2n) is 28.0. The van der Waals surface area contributed by atoms with Gasteiger partial charge in [-0.15, -0.1) is 0 Å². The molecule has 19 heteroatoms. The maximum Gasteiger partial charge on any atom is 0.472 e. The number of unbranched alkanes of at least 4 members (excludes halogenated alkanes) is 44. The first-order chi connectivity index (χ1) is 45.4. The van der Waals surface area contributed by atoms with Gasteiger partial charge in [0.2, 0.25) is 0 Å². The lowest BCUT2D eigenvalue weighted by Crippen LogP contribution is -2.30. The predicted octanol–water partition coefficient (Wildman–Crippen LogP) is 21.9. The van der Waals surface area contributed by atoms with E-state index in [0.717, 1.165) is 108 Å². The fraction of sp³-hybridized carbons (Fsp3) is 0.947. The van der Waals surface area contributed by atoms with Crippen LogP contribution in [0.15, 0.2) is 0 Å². The second kappa shape index (κ2) is 66.9. The Morgan fingerprint density at radius 2 is 0.489 bits per heavy atom. The Kier molecular flexibility index (Phi) is 65.5. The van der Waals surface area contributed by atoms with Gasteiger partial charge in [0.1, 0.15) is 19.3 Å². The molecule has 0 aromatic rings. The summed E-state index contributed by atoms with van der Waals surface area (Å²) in [5.74, 6) is -0.588. The Labute approximate surface area is 575 Å². The second-order valence-corrected chi connectivity index (χ2v) is 30.9. The number of phosphoric acid groups is 2. The number of hydrogen-bond donors (Lipinski definition) is 3. The van der Waals surface area contributed by atoms with E-state index in [0.29, 0.717) is 25.7 Å². The van der Waals surface area contributed by atoms with Gasteiger partial charge in [-0.3, -0.25) is 37.3 Å². The van der Waals surface area contributed by atoms with E-state index in [9.17, 15) is 43.2 Å². The molecule has 0 aromatic carbocycles. The van der Waals surface area contributed by atoms with Crippen LogP contribution in [-0.2, 0) is 65.4 Å². The van der Waals surface area contributed by atoms with Crippen molar-refractivity contribution in [3.8, 4) is 0 Å². The van der Waals surface area contributed by atoms with Crippen molar-refractivity contribution in [2.45, 2.75) is 407 Å². The number of rotatable bonds is 74. The van der Waals surface area contributed by atoms with E-state index in [4.69, 9.17) is 37.0 Å². The Morgan fingerprint density at radius 1 is 0.287 bits per heavy atom. The highest BCUT2D eigenvalue weighted by molar-refractivity contribution is 7.47. The summed E-state index contributed by atoms with van der Waals surface area (Å²) in [6.07, 6.45) is 54.2. The SMILES string of the molecule is CCCCCCCCCCCCCCCCCCCC(=O)OC[C@H](COP(=O)(O)OC[C@@H](O)COP(=O)(O)OC[C@@H](COC(=O)CCCCCCCCCC)OC(=O)CCCCCCCCCCCC(C)C)OC(=O)CCCCCCCCCCCCCCCCC(C)C. The van der Waals surface area contributed by atoms with Gasteiger partial charge in [0.05, 0.1) is 26.4 Å². The maximum absolute atomic E-state index is 13.1. The smallest absolute Gasteiger partial charge is 0.462 e. The van der Waals surface area contributed by atoms with Crippen molar-refractivity contribution in [2.75, 3.05) is 39.6 Å². The number of aliphatic hydroxyl groups excluding tert-OH is 1. The van der Waals surface area contributed by atoms with Gasteiger partial charge in [-0.2, -0.15) is 0 Å². The molecule has 5 atom stereocenters. The summed E-state index contributed by atoms with van der Waals surface area (Å²) in [6, 6.07) is 0. The van der Waals surface area contributed by atoms with Gasteiger partial charge >= 0.3 is 39.5 Å². The van der Waals surface area contributed by atoms with Crippen molar-refractivity contribution in [1.29, 1.82) is 0 Å². The summed E-state index contributed by atoms with van der Waals surface area (Å²) >= 11 is 0. The van der Waals surface area contributed by atoms with Crippen molar-refractivity contribution in [3.63, 3.8) is 0 Å². The molecule has 3 N–H and O–H groups in total. The minimum Gasteiger partial charge on any atom is -0.462 e. The third-order valence-electron chi connectivity index (χ3n) is 17.5. The predicted molar refractivity (Wildman–Crippen MR) is 381 cm³/mol. The van der Waals surface area contributed by atoms with Crippen LogP contribution in [-0.4, -0.2) is 96.7 Å². The highest BCUT2D eigenvalue weighted by Crippen LogP contribution is 2.45. The zero-order valence-corrected chi connectivity index (χ0v) is 63.1. The maximum atomic E-state index is 13.1. The molecule has 0 heterocycles. The normalized spacial score (nSPS) is 14.0. The number of aliphatic hydroxyl groups is 1. The summed E-state index contributed by atoms with van der Waals surface area (Å²) in [4.78, 5) is 72.7. The van der Waals surface area contributed by atoms with Crippen LogP contribution in [0.1, 0.15) is 388 Å². The van der Waals surface area contributed by atoms with E-state index in [2.05, 4.69) is 41.5 Å². The van der Waals surface area contributed by atoms with Gasteiger partial charge in [0.25, 0.3) is 0 Å². The lowest BCUT2D eigenvalue weighted by atomic mass is 10.0. The number of carbonyl (C=O) groups is 4. The summed E-state index contributed by atoms with van der Waals surface area (Å²) in [5, 5.41) is 10.6. The Morgan fingerprint density at radius 3 is 0.723 bits per heavy atom. The van der Waals surface area contributed by atoms with Crippen LogP contribution in [0, 0.1) is 11.8 Å². The minimum atomic E-state index is -4.96. The topological polar surface area (TPSA) is 237 Å². The number of hydrogen-bond acceptors (Lipinski definition) is 15. The van der Waals surface area contributed by atoms with E-state index in [1.54, 1.807) is 0 Å². The largest absolute Gasteiger partial charge is 0.472 e. The molecule has 0 saturated heterocycles. The summed E-state index contributed by atoms with van der Waals surface area (Å²) < 4.78 is 68.4. The van der Waals surface area contributed by atoms with Gasteiger partial charge in [-0.05, 0) is 37.5 Å². The summed E-state index contributed by atoms with van der Waals surface area (Å²) in [6.45, 7) is 9.56. The molecular weight excluding hydrogens is 1230 g/mol. The van der Waals surface area contributed by atoms with Crippen LogP contribution >= 0.6 is 15.6 Å². The van der Waals surface area contributed by atoms with Crippen molar-refractivity contribution >= 4 is 39.5 Å². The summed E-state index contributed by atoms with van der Waals surface area (Å²) in [5.41, 5.74) is 0. The van der Waals surface area contributed by atoms with Gasteiger partial charge in [-0.25, -0.2) is 9.13 Å². The van der Waals surface area contributed by atoms with Gasteiger partial charge in [0, 0.05) is 25.7 Å². The van der Waals surface area contributed by atoms with Gasteiger partial charge in [-0.1, -0.05) is 337 Å². The lowest BCUT2D eigenvalue weighted by molar-refractivity contribution is -0.161. The van der Waals surface area contributed by atoms with E-state index < -0.39 is 97.5 Å². The molecule has 0 saturated carbocycles. The molecule has 0 aliphatic carbocycles. The van der Waals surface area contributed by atoms with E-state index in [1.165, 1.54) is 199 Å². The van der Waals surface area contributed by atoms with Crippen molar-refractivity contribution in [3.05, 3.63) is 0 Å². The third-order valence-corrected chi connectivity index (χ3v) is 19.4. The molecule has 0 aromatic heterocycles. The highest BCUT2D eigenvalue weighted by Gasteiger charge is 2.30. The van der Waals surface area contributed by atoms with Crippen LogP contribution in [0.2, 0.25) is 0 Å².